The average Bonchev–Trinajstić information content (AvgIpc) is 2.78. The van der Waals surface area contributed by atoms with Crippen LogP contribution in [0.5, 0.6) is 0 Å². The maximum absolute atomic E-state index is 11.6. The Labute approximate surface area is 198 Å². The van der Waals surface area contributed by atoms with E-state index in [1.807, 2.05) is 37.3 Å². The van der Waals surface area contributed by atoms with E-state index in [-0.39, 0.29) is 40.3 Å². The van der Waals surface area contributed by atoms with Crippen LogP contribution in [0.15, 0.2) is 58.3 Å². The van der Waals surface area contributed by atoms with Crippen LogP contribution in [-0.4, -0.2) is 54.0 Å². The Hall–Kier alpha value is -2.18. The first kappa shape index (κ1) is 25.4. The molecule has 1 heterocycles. The van der Waals surface area contributed by atoms with Crippen LogP contribution in [0.25, 0.3) is 0 Å². The van der Waals surface area contributed by atoms with Gasteiger partial charge < -0.3 is 10.4 Å². The summed E-state index contributed by atoms with van der Waals surface area (Å²) in [6.07, 6.45) is 3.74. The summed E-state index contributed by atoms with van der Waals surface area (Å²) in [5.41, 5.74) is -0.104. The van der Waals surface area contributed by atoms with E-state index in [2.05, 4.69) is 10.2 Å². The van der Waals surface area contributed by atoms with Crippen LogP contribution in [0.1, 0.15) is 32.6 Å². The van der Waals surface area contributed by atoms with Gasteiger partial charge in [-0.1, -0.05) is 24.6 Å². The maximum Gasteiger partial charge on any atom is 0.293 e. The minimum Gasteiger partial charge on any atom is -0.395 e. The normalized spacial score (nSPS) is 19.1. The van der Waals surface area contributed by atoms with E-state index in [4.69, 9.17) is 5.14 Å². The third-order valence-corrected chi connectivity index (χ3v) is 7.91. The highest BCUT2D eigenvalue weighted by molar-refractivity contribution is 7.99. The Kier molecular flexibility index (Phi) is 8.71. The molecule has 0 aliphatic carbocycles. The summed E-state index contributed by atoms with van der Waals surface area (Å²) in [5, 5.41) is 29.9. The predicted molar refractivity (Wildman–Crippen MR) is 130 cm³/mol. The molecule has 0 aromatic heterocycles. The van der Waals surface area contributed by atoms with Crippen molar-refractivity contribution in [1.29, 1.82) is 0 Å². The molecule has 4 N–H and O–H groups in total. The molecule has 33 heavy (non-hydrogen) atoms. The molecular formula is C22H30N4O5S2. The fraction of sp³-hybridized carbons (Fsp3) is 0.455. The number of nitrogens with two attached hydrogens (primary N) is 1. The zero-order chi connectivity index (χ0) is 24.0. The van der Waals surface area contributed by atoms with Crippen molar-refractivity contribution in [3.05, 3.63) is 58.6 Å². The van der Waals surface area contributed by atoms with Crippen molar-refractivity contribution in [2.24, 2.45) is 5.14 Å². The first-order valence-corrected chi connectivity index (χ1v) is 13.3. The molecule has 9 nitrogen and oxygen atoms in total. The van der Waals surface area contributed by atoms with Gasteiger partial charge in [0.25, 0.3) is 5.69 Å². The molecule has 180 valence electrons. The summed E-state index contributed by atoms with van der Waals surface area (Å²) in [5.74, 6) is 0. The van der Waals surface area contributed by atoms with Gasteiger partial charge in [0.15, 0.2) is 0 Å². The van der Waals surface area contributed by atoms with Crippen molar-refractivity contribution in [1.82, 2.24) is 4.90 Å². The predicted octanol–water partition coefficient (Wildman–Crippen LogP) is 3.40. The molecule has 3 atom stereocenters. The lowest BCUT2D eigenvalue weighted by atomic mass is 10.0. The Morgan fingerprint density at radius 1 is 1.27 bits per heavy atom. The summed E-state index contributed by atoms with van der Waals surface area (Å²) < 4.78 is 23.2. The van der Waals surface area contributed by atoms with Crippen LogP contribution < -0.4 is 10.5 Å². The smallest absolute Gasteiger partial charge is 0.293 e. The molecule has 1 unspecified atom stereocenters. The molecule has 0 radical (unpaired) electrons. The summed E-state index contributed by atoms with van der Waals surface area (Å²) in [6.45, 7) is 2.91. The molecule has 0 spiro atoms. The number of aliphatic hydroxyl groups is 1. The molecule has 1 aliphatic rings. The van der Waals surface area contributed by atoms with E-state index in [9.17, 15) is 23.6 Å². The number of likely N-dealkylation sites (tertiary alicyclic amines) is 1. The summed E-state index contributed by atoms with van der Waals surface area (Å²) in [6, 6.07) is 13.6. The van der Waals surface area contributed by atoms with Crippen LogP contribution in [0.4, 0.5) is 11.4 Å². The van der Waals surface area contributed by atoms with E-state index in [1.54, 1.807) is 11.8 Å². The second-order valence-electron chi connectivity index (χ2n) is 8.22. The Balaban J connectivity index is 1.82. The van der Waals surface area contributed by atoms with Gasteiger partial charge in [-0.15, -0.1) is 11.8 Å². The topological polar surface area (TPSA) is 139 Å². The minimum atomic E-state index is -4.05. The molecule has 0 amide bonds. The highest BCUT2D eigenvalue weighted by atomic mass is 32.2. The molecule has 3 rings (SSSR count). The Bertz CT molecular complexity index is 1050. The second kappa shape index (κ2) is 11.3. The van der Waals surface area contributed by atoms with E-state index in [1.165, 1.54) is 12.1 Å². The summed E-state index contributed by atoms with van der Waals surface area (Å²) in [4.78, 5) is 14.1. The van der Waals surface area contributed by atoms with Gasteiger partial charge in [0.05, 0.1) is 21.8 Å². The quantitative estimate of drug-likeness (QED) is 0.259. The fourth-order valence-corrected chi connectivity index (χ4v) is 6.05. The average molecular weight is 495 g/mol. The molecule has 11 heteroatoms. The molecular weight excluding hydrogens is 464 g/mol. The molecule has 1 saturated heterocycles. The number of thioether (sulfide) groups is 1. The van der Waals surface area contributed by atoms with Crippen LogP contribution in [-0.2, 0) is 10.0 Å². The van der Waals surface area contributed by atoms with Crippen LogP contribution in [0.2, 0.25) is 0 Å². The van der Waals surface area contributed by atoms with Crippen LogP contribution in [0, 0.1) is 10.1 Å². The van der Waals surface area contributed by atoms with Crippen molar-refractivity contribution in [3.63, 3.8) is 0 Å². The lowest BCUT2D eigenvalue weighted by Gasteiger charge is -2.41. The highest BCUT2D eigenvalue weighted by Gasteiger charge is 2.31. The number of anilines is 1. The summed E-state index contributed by atoms with van der Waals surface area (Å²) in [7, 11) is -4.05. The number of nitrogens with one attached hydrogen (secondary N) is 1. The van der Waals surface area contributed by atoms with Crippen molar-refractivity contribution >= 4 is 33.2 Å². The molecule has 1 fully saturated rings. The van der Waals surface area contributed by atoms with Crippen molar-refractivity contribution in [2.45, 2.75) is 59.9 Å². The number of piperidine rings is 1. The van der Waals surface area contributed by atoms with Gasteiger partial charge in [-0.2, -0.15) is 0 Å². The highest BCUT2D eigenvalue weighted by Crippen LogP contribution is 2.34. The molecule has 0 saturated carbocycles. The maximum atomic E-state index is 11.6. The van der Waals surface area contributed by atoms with Gasteiger partial charge in [0.1, 0.15) is 5.69 Å². The number of hydrogen-bond acceptors (Lipinski definition) is 8. The third kappa shape index (κ3) is 6.90. The number of sulfonamides is 1. The van der Waals surface area contributed by atoms with E-state index in [0.717, 1.165) is 36.8 Å². The van der Waals surface area contributed by atoms with E-state index in [0.29, 0.717) is 6.42 Å². The van der Waals surface area contributed by atoms with Crippen LogP contribution >= 0.6 is 11.8 Å². The summed E-state index contributed by atoms with van der Waals surface area (Å²) >= 11 is 1.71. The first-order chi connectivity index (χ1) is 15.7. The zero-order valence-corrected chi connectivity index (χ0v) is 20.1. The molecule has 0 bridgehead atoms. The van der Waals surface area contributed by atoms with Gasteiger partial charge in [0.2, 0.25) is 10.0 Å². The molecule has 2 aromatic carbocycles. The largest absolute Gasteiger partial charge is 0.395 e. The number of rotatable bonds is 10. The number of nitro benzene ring substituents is 1. The Morgan fingerprint density at radius 3 is 2.64 bits per heavy atom. The second-order valence-corrected chi connectivity index (χ2v) is 11.0. The van der Waals surface area contributed by atoms with Gasteiger partial charge in [-0.3, -0.25) is 15.0 Å². The van der Waals surface area contributed by atoms with Crippen molar-refractivity contribution in [2.75, 3.05) is 18.5 Å². The first-order valence-electron chi connectivity index (χ1n) is 10.8. The van der Waals surface area contributed by atoms with Gasteiger partial charge >= 0.3 is 0 Å². The molecule has 2 aromatic rings. The van der Waals surface area contributed by atoms with Gasteiger partial charge in [0, 0.05) is 23.0 Å². The lowest BCUT2D eigenvalue weighted by molar-refractivity contribution is -0.384. The number of hydrogen-bond donors (Lipinski definition) is 3. The number of benzene rings is 2. The minimum absolute atomic E-state index is 0.0510. The van der Waals surface area contributed by atoms with Gasteiger partial charge in [-0.25, -0.2) is 13.6 Å². The standard InChI is InChI=1S/C22H30N4O5S2/c1-16(24-20-11-10-19(33(23,30)31)14-21(20)26(28)29)13-22(32-18-8-3-2-4-9-18)25-12-6-5-7-17(25)15-27/h2-4,8-11,14,16-17,22,24,27H,5-7,12-13,15H2,1H3,(H2,23,30,31)/t16-,17-,22?/m1/s1. The monoisotopic (exact) mass is 494 g/mol. The fourth-order valence-electron chi connectivity index (χ4n) is 4.09. The van der Waals surface area contributed by atoms with Gasteiger partial charge in [-0.05, 0) is 57.0 Å². The van der Waals surface area contributed by atoms with E-state index < -0.39 is 14.9 Å². The number of nitrogens with zero attached hydrogens (tertiary/aromatic N) is 2. The van der Waals surface area contributed by atoms with E-state index >= 15 is 0 Å². The zero-order valence-electron chi connectivity index (χ0n) is 18.5. The molecule has 1 aliphatic heterocycles. The van der Waals surface area contributed by atoms with Crippen LogP contribution in [0.3, 0.4) is 0 Å². The van der Waals surface area contributed by atoms with Crippen molar-refractivity contribution < 1.29 is 18.4 Å². The lowest BCUT2D eigenvalue weighted by Crippen LogP contribution is -2.48. The number of nitro groups is 1. The Morgan fingerprint density at radius 2 is 2.00 bits per heavy atom. The number of aliphatic hydroxyl groups excluding tert-OH is 1. The van der Waals surface area contributed by atoms with Crippen molar-refractivity contribution in [3.8, 4) is 0 Å². The SMILES string of the molecule is C[C@H](CC(Sc1ccccc1)N1CCCC[C@@H]1CO)Nc1ccc(S(N)(=O)=O)cc1[N+](=O)[O-]. The third-order valence-electron chi connectivity index (χ3n) is 5.72. The number of primary sulfonamides is 1.